The lowest BCUT2D eigenvalue weighted by molar-refractivity contribution is -0.145. The molecule has 0 spiro atoms. The summed E-state index contributed by atoms with van der Waals surface area (Å²) in [7, 11) is 1.50. The van der Waals surface area contributed by atoms with E-state index in [0.717, 1.165) is 73.8 Å². The van der Waals surface area contributed by atoms with Crippen molar-refractivity contribution in [2.75, 3.05) is 26.9 Å². The van der Waals surface area contributed by atoms with E-state index in [9.17, 15) is 14.4 Å². The zero-order valence-corrected chi connectivity index (χ0v) is 27.1. The number of hydrogen-bond donors (Lipinski definition) is 0. The summed E-state index contributed by atoms with van der Waals surface area (Å²) in [5.41, 5.74) is 3.78. The Morgan fingerprint density at radius 1 is 0.826 bits per heavy atom. The van der Waals surface area contributed by atoms with Gasteiger partial charge in [0.25, 0.3) is 0 Å². The number of carbonyl (C=O) groups is 3. The van der Waals surface area contributed by atoms with E-state index in [2.05, 4.69) is 25.8 Å². The van der Waals surface area contributed by atoms with E-state index >= 15 is 0 Å². The fraction of sp³-hybridized carbons (Fsp3) is 0.447. The maximum Gasteiger partial charge on any atom is 0.338 e. The predicted octanol–water partition coefficient (Wildman–Crippen LogP) is 7.52. The first kappa shape index (κ1) is 34.7. The Labute approximate surface area is 272 Å². The van der Waals surface area contributed by atoms with Crippen molar-refractivity contribution in [2.45, 2.75) is 70.3 Å². The van der Waals surface area contributed by atoms with Crippen LogP contribution in [-0.4, -0.2) is 50.9 Å². The normalized spacial score (nSPS) is 21.0. The van der Waals surface area contributed by atoms with Crippen molar-refractivity contribution >= 4 is 17.9 Å². The van der Waals surface area contributed by atoms with Crippen LogP contribution < -0.4 is 9.47 Å². The number of benzene rings is 2. The van der Waals surface area contributed by atoms with Crippen molar-refractivity contribution in [3.8, 4) is 22.6 Å². The summed E-state index contributed by atoms with van der Waals surface area (Å²) >= 11 is 0. The molecule has 0 atom stereocenters. The molecule has 0 aliphatic heterocycles. The van der Waals surface area contributed by atoms with E-state index in [0.29, 0.717) is 29.1 Å². The van der Waals surface area contributed by atoms with E-state index in [4.69, 9.17) is 23.7 Å². The van der Waals surface area contributed by atoms with Gasteiger partial charge in [0.2, 0.25) is 0 Å². The van der Waals surface area contributed by atoms with Gasteiger partial charge in [-0.05, 0) is 117 Å². The van der Waals surface area contributed by atoms with Crippen molar-refractivity contribution in [3.63, 3.8) is 0 Å². The molecule has 2 fully saturated rings. The molecule has 0 amide bonds. The molecule has 2 aromatic rings. The molecule has 246 valence electrons. The van der Waals surface area contributed by atoms with E-state index in [1.165, 1.54) is 13.2 Å². The van der Waals surface area contributed by atoms with Crippen LogP contribution in [0.5, 0.6) is 11.5 Å². The lowest BCUT2D eigenvalue weighted by atomic mass is 9.69. The Bertz CT molecular complexity index is 1390. The molecule has 46 heavy (non-hydrogen) atoms. The third kappa shape index (κ3) is 9.66. The standard InChI is InChI=1S/C38H46O8/c1-6-36(39)45-32-16-11-28(12-17-32)27-7-9-30(10-8-27)34-23-31(29-13-18-33(19-14-29)46-37(40)25(2)3)15-20-35(34)43-21-22-44-38(41)26(4)24-42-5/h6,13-15,18-20,23,27-28,30,32H,1-2,4,7-12,16-17,21-22,24H2,3,5H3. The van der Waals surface area contributed by atoms with E-state index in [1.807, 2.05) is 24.3 Å². The second kappa shape index (κ2) is 16.9. The average Bonchev–Trinajstić information content (AvgIpc) is 3.07. The van der Waals surface area contributed by atoms with Crippen LogP contribution in [0.15, 0.2) is 79.4 Å². The predicted molar refractivity (Wildman–Crippen MR) is 177 cm³/mol. The van der Waals surface area contributed by atoms with Gasteiger partial charge >= 0.3 is 17.9 Å². The van der Waals surface area contributed by atoms with Gasteiger partial charge in [0, 0.05) is 18.8 Å². The van der Waals surface area contributed by atoms with Gasteiger partial charge in [-0.2, -0.15) is 0 Å². The maximum atomic E-state index is 12.1. The van der Waals surface area contributed by atoms with Gasteiger partial charge in [-0.1, -0.05) is 37.9 Å². The van der Waals surface area contributed by atoms with Crippen LogP contribution in [0, 0.1) is 11.8 Å². The molecule has 8 nitrogen and oxygen atoms in total. The van der Waals surface area contributed by atoms with Crippen molar-refractivity contribution in [1.82, 2.24) is 0 Å². The SMILES string of the molecule is C=CC(=O)OC1CCC(C2CCC(c3cc(-c4ccc(OC(=O)C(=C)C)cc4)ccc3OCCOC(=O)C(=C)COC)CC2)CC1. The molecule has 0 heterocycles. The van der Waals surface area contributed by atoms with Gasteiger partial charge in [-0.3, -0.25) is 0 Å². The van der Waals surface area contributed by atoms with Gasteiger partial charge in [0.15, 0.2) is 0 Å². The van der Waals surface area contributed by atoms with Crippen molar-refractivity contribution in [2.24, 2.45) is 11.8 Å². The molecule has 2 aliphatic rings. The molecule has 4 rings (SSSR count). The Hall–Kier alpha value is -4.17. The number of esters is 3. The summed E-state index contributed by atoms with van der Waals surface area (Å²) < 4.78 is 27.3. The first-order chi connectivity index (χ1) is 22.2. The van der Waals surface area contributed by atoms with E-state index < -0.39 is 11.9 Å². The van der Waals surface area contributed by atoms with Crippen molar-refractivity contribution < 1.29 is 38.1 Å². The first-order valence-corrected chi connectivity index (χ1v) is 16.1. The maximum absolute atomic E-state index is 12.1. The van der Waals surface area contributed by atoms with E-state index in [1.54, 1.807) is 19.1 Å². The highest BCUT2D eigenvalue weighted by atomic mass is 16.6. The minimum atomic E-state index is -0.496. The minimum absolute atomic E-state index is 0.00470. The largest absolute Gasteiger partial charge is 0.490 e. The van der Waals surface area contributed by atoms with Crippen LogP contribution in [0.1, 0.15) is 69.8 Å². The van der Waals surface area contributed by atoms with Gasteiger partial charge in [-0.25, -0.2) is 14.4 Å². The van der Waals surface area contributed by atoms with Crippen molar-refractivity contribution in [1.29, 1.82) is 0 Å². The van der Waals surface area contributed by atoms with Crippen molar-refractivity contribution in [3.05, 3.63) is 85.0 Å². The van der Waals surface area contributed by atoms with E-state index in [-0.39, 0.29) is 37.5 Å². The summed E-state index contributed by atoms with van der Waals surface area (Å²) in [4.78, 5) is 35.6. The summed E-state index contributed by atoms with van der Waals surface area (Å²) in [6, 6.07) is 13.6. The summed E-state index contributed by atoms with van der Waals surface area (Å²) in [5, 5.41) is 0. The second-order valence-electron chi connectivity index (χ2n) is 12.3. The zero-order valence-electron chi connectivity index (χ0n) is 27.1. The molecule has 0 N–H and O–H groups in total. The molecule has 0 unspecified atom stereocenters. The topological polar surface area (TPSA) is 97.4 Å². The Morgan fingerprint density at radius 3 is 2.07 bits per heavy atom. The minimum Gasteiger partial charge on any atom is -0.490 e. The van der Waals surface area contributed by atoms with Crippen LogP contribution in [0.3, 0.4) is 0 Å². The molecule has 2 aromatic carbocycles. The zero-order chi connectivity index (χ0) is 33.1. The summed E-state index contributed by atoms with van der Waals surface area (Å²) in [6.07, 6.45) is 9.63. The second-order valence-corrected chi connectivity index (χ2v) is 12.3. The van der Waals surface area contributed by atoms with Gasteiger partial charge in [-0.15, -0.1) is 0 Å². The smallest absolute Gasteiger partial charge is 0.338 e. The van der Waals surface area contributed by atoms with Gasteiger partial charge < -0.3 is 23.7 Å². The fourth-order valence-corrected chi connectivity index (χ4v) is 6.50. The molecule has 0 radical (unpaired) electrons. The number of methoxy groups -OCH3 is 1. The fourth-order valence-electron chi connectivity index (χ4n) is 6.50. The monoisotopic (exact) mass is 630 g/mol. The number of hydrogen-bond acceptors (Lipinski definition) is 8. The third-order valence-corrected chi connectivity index (χ3v) is 8.98. The molecule has 2 saturated carbocycles. The highest BCUT2D eigenvalue weighted by Crippen LogP contribution is 2.46. The number of ether oxygens (including phenoxy) is 5. The summed E-state index contributed by atoms with van der Waals surface area (Å²) in [6.45, 7) is 12.9. The molecular weight excluding hydrogens is 584 g/mol. The quantitative estimate of drug-likeness (QED) is 0.0915. The van der Waals surface area contributed by atoms with Crippen LogP contribution >= 0.6 is 0 Å². The lowest BCUT2D eigenvalue weighted by Crippen LogP contribution is -2.29. The van der Waals surface area contributed by atoms with Crippen LogP contribution in [0.25, 0.3) is 11.1 Å². The van der Waals surface area contributed by atoms with Crippen LogP contribution in [-0.2, 0) is 28.6 Å². The number of carbonyl (C=O) groups excluding carboxylic acids is 3. The molecule has 0 saturated heterocycles. The Morgan fingerprint density at radius 2 is 1.46 bits per heavy atom. The lowest BCUT2D eigenvalue weighted by Gasteiger charge is -2.38. The molecule has 0 bridgehead atoms. The van der Waals surface area contributed by atoms with Crippen LogP contribution in [0.2, 0.25) is 0 Å². The molecular formula is C38H46O8. The average molecular weight is 631 g/mol. The molecule has 0 aromatic heterocycles. The van der Waals surface area contributed by atoms with Crippen LogP contribution in [0.4, 0.5) is 0 Å². The first-order valence-electron chi connectivity index (χ1n) is 16.1. The summed E-state index contributed by atoms with van der Waals surface area (Å²) in [5.74, 6) is 1.61. The third-order valence-electron chi connectivity index (χ3n) is 8.98. The number of rotatable bonds is 14. The molecule has 2 aliphatic carbocycles. The Balaban J connectivity index is 1.43. The van der Waals surface area contributed by atoms with Gasteiger partial charge in [0.1, 0.15) is 30.8 Å². The Kier molecular flexibility index (Phi) is 12.8. The molecule has 8 heteroatoms. The highest BCUT2D eigenvalue weighted by Gasteiger charge is 2.33. The van der Waals surface area contributed by atoms with Gasteiger partial charge in [0.05, 0.1) is 12.2 Å². The highest BCUT2D eigenvalue weighted by molar-refractivity contribution is 5.89.